The number of carbonyl (C=O) groups is 2. The van der Waals surface area contributed by atoms with E-state index in [1.54, 1.807) is 18.2 Å². The highest BCUT2D eigenvalue weighted by Gasteiger charge is 2.08. The number of fused-ring (bicyclic) bond motifs is 1. The van der Waals surface area contributed by atoms with E-state index in [-0.39, 0.29) is 5.78 Å². The minimum Gasteiger partial charge on any atom is -0.366 e. The van der Waals surface area contributed by atoms with E-state index in [1.165, 1.54) is 13.1 Å². The normalized spacial score (nSPS) is 10.5. The molecule has 1 aromatic heterocycles. The summed E-state index contributed by atoms with van der Waals surface area (Å²) < 4.78 is 0. The smallest absolute Gasteiger partial charge is 0.250 e. The van der Waals surface area contributed by atoms with Gasteiger partial charge in [0.05, 0.1) is 11.1 Å². The quantitative estimate of drug-likeness (QED) is 0.627. The summed E-state index contributed by atoms with van der Waals surface area (Å²) in [4.78, 5) is 27.1. The molecule has 0 atom stereocenters. The zero-order chi connectivity index (χ0) is 12.6. The van der Waals surface area contributed by atoms with Crippen LogP contribution in [0.3, 0.4) is 0 Å². The summed E-state index contributed by atoms with van der Waals surface area (Å²) in [6.07, 6.45) is 1.40. The standard InChI is InChI=1S/C12H10N2O2S/c1-6(15)7-2-8-3-9(12(13)16)5-14-11(8)10(17)4-7/h2-5,17H,1H3,(H2,13,16). The SMILES string of the molecule is CC(=O)c1cc(S)c2ncc(C(N)=O)cc2c1. The van der Waals surface area contributed by atoms with Gasteiger partial charge in [0.1, 0.15) is 0 Å². The number of ketones is 1. The van der Waals surface area contributed by atoms with E-state index >= 15 is 0 Å². The highest BCUT2D eigenvalue weighted by atomic mass is 32.1. The highest BCUT2D eigenvalue weighted by Crippen LogP contribution is 2.23. The molecule has 0 spiro atoms. The third-order valence-corrected chi connectivity index (χ3v) is 2.79. The average Bonchev–Trinajstić information content (AvgIpc) is 2.27. The van der Waals surface area contributed by atoms with Crippen molar-refractivity contribution in [1.82, 2.24) is 4.98 Å². The van der Waals surface area contributed by atoms with Gasteiger partial charge in [-0.1, -0.05) is 0 Å². The number of amides is 1. The molecule has 2 N–H and O–H groups in total. The number of thiol groups is 1. The van der Waals surface area contributed by atoms with Crippen LogP contribution in [-0.4, -0.2) is 16.7 Å². The number of hydrogen-bond donors (Lipinski definition) is 2. The minimum atomic E-state index is -0.548. The first-order valence-corrected chi connectivity index (χ1v) is 5.37. The lowest BCUT2D eigenvalue weighted by molar-refractivity contribution is 0.0996. The van der Waals surface area contributed by atoms with Crippen LogP contribution in [-0.2, 0) is 0 Å². The fourth-order valence-corrected chi connectivity index (χ4v) is 1.89. The molecule has 5 heteroatoms. The number of benzene rings is 1. The Labute approximate surface area is 103 Å². The second-order valence-corrected chi connectivity index (χ2v) is 4.19. The molecule has 2 aromatic rings. The molecule has 1 heterocycles. The number of pyridine rings is 1. The van der Waals surface area contributed by atoms with Crippen molar-refractivity contribution in [3.63, 3.8) is 0 Å². The van der Waals surface area contributed by atoms with Crippen molar-refractivity contribution in [3.8, 4) is 0 Å². The lowest BCUT2D eigenvalue weighted by Gasteiger charge is -2.05. The summed E-state index contributed by atoms with van der Waals surface area (Å²) >= 11 is 4.27. The van der Waals surface area contributed by atoms with Crippen molar-refractivity contribution >= 4 is 35.2 Å². The third kappa shape index (κ3) is 2.14. The molecule has 1 aromatic carbocycles. The fraction of sp³-hybridized carbons (Fsp3) is 0.0833. The first-order valence-electron chi connectivity index (χ1n) is 4.92. The van der Waals surface area contributed by atoms with Crippen LogP contribution in [0.15, 0.2) is 29.3 Å². The summed E-state index contributed by atoms with van der Waals surface area (Å²) in [5.41, 5.74) is 6.66. The van der Waals surface area contributed by atoms with Crippen molar-refractivity contribution < 1.29 is 9.59 Å². The van der Waals surface area contributed by atoms with Gasteiger partial charge >= 0.3 is 0 Å². The number of carbonyl (C=O) groups excluding carboxylic acids is 2. The molecule has 0 fully saturated rings. The molecule has 0 aliphatic heterocycles. The second-order valence-electron chi connectivity index (χ2n) is 3.71. The molecule has 2 rings (SSSR count). The van der Waals surface area contributed by atoms with Gasteiger partial charge in [0, 0.05) is 22.0 Å². The van der Waals surface area contributed by atoms with Gasteiger partial charge in [0.25, 0.3) is 0 Å². The van der Waals surface area contributed by atoms with Gasteiger partial charge in [-0.2, -0.15) is 0 Å². The summed E-state index contributed by atoms with van der Waals surface area (Å²) in [6.45, 7) is 1.47. The molecule has 0 bridgehead atoms. The maximum Gasteiger partial charge on any atom is 0.250 e. The van der Waals surface area contributed by atoms with Crippen molar-refractivity contribution in [2.75, 3.05) is 0 Å². The van der Waals surface area contributed by atoms with Crippen LogP contribution in [0.4, 0.5) is 0 Å². The predicted octanol–water partition coefficient (Wildman–Crippen LogP) is 1.82. The molecule has 86 valence electrons. The molecule has 0 unspecified atom stereocenters. The second kappa shape index (κ2) is 4.18. The van der Waals surface area contributed by atoms with Crippen LogP contribution >= 0.6 is 12.6 Å². The zero-order valence-electron chi connectivity index (χ0n) is 9.10. The number of nitrogens with zero attached hydrogens (tertiary/aromatic N) is 1. The molecule has 0 aliphatic rings. The zero-order valence-corrected chi connectivity index (χ0v) is 9.99. The van der Waals surface area contributed by atoms with E-state index in [1.807, 2.05) is 0 Å². The lowest BCUT2D eigenvalue weighted by atomic mass is 10.1. The molecule has 0 radical (unpaired) electrons. The van der Waals surface area contributed by atoms with Gasteiger partial charge in [-0.05, 0) is 25.1 Å². The Hall–Kier alpha value is -1.88. The van der Waals surface area contributed by atoms with Gasteiger partial charge in [0.2, 0.25) is 5.91 Å². The Morgan fingerprint density at radius 3 is 2.47 bits per heavy atom. The Morgan fingerprint density at radius 1 is 1.24 bits per heavy atom. The highest BCUT2D eigenvalue weighted by molar-refractivity contribution is 7.80. The topological polar surface area (TPSA) is 73.1 Å². The lowest BCUT2D eigenvalue weighted by Crippen LogP contribution is -2.11. The molecule has 17 heavy (non-hydrogen) atoms. The van der Waals surface area contributed by atoms with E-state index in [9.17, 15) is 9.59 Å². The number of hydrogen-bond acceptors (Lipinski definition) is 4. The summed E-state index contributed by atoms with van der Waals surface area (Å²) in [6, 6.07) is 4.94. The van der Waals surface area contributed by atoms with E-state index in [0.717, 1.165) is 0 Å². The number of aromatic nitrogens is 1. The molecule has 0 aliphatic carbocycles. The number of rotatable bonds is 2. The Bertz CT molecular complexity index is 632. The van der Waals surface area contributed by atoms with Crippen molar-refractivity contribution in [3.05, 3.63) is 35.5 Å². The van der Waals surface area contributed by atoms with Gasteiger partial charge in [-0.15, -0.1) is 12.6 Å². The van der Waals surface area contributed by atoms with Gasteiger partial charge in [0.15, 0.2) is 5.78 Å². The Morgan fingerprint density at radius 2 is 1.88 bits per heavy atom. The van der Waals surface area contributed by atoms with Gasteiger partial charge < -0.3 is 5.73 Å². The van der Waals surface area contributed by atoms with Crippen LogP contribution in [0, 0.1) is 0 Å². The largest absolute Gasteiger partial charge is 0.366 e. The van der Waals surface area contributed by atoms with Crippen LogP contribution in [0.5, 0.6) is 0 Å². The Balaban J connectivity index is 2.74. The number of primary amides is 1. The summed E-state index contributed by atoms with van der Waals surface area (Å²) in [7, 11) is 0. The monoisotopic (exact) mass is 246 g/mol. The number of nitrogens with two attached hydrogens (primary N) is 1. The van der Waals surface area contributed by atoms with Crippen molar-refractivity contribution in [1.29, 1.82) is 0 Å². The van der Waals surface area contributed by atoms with E-state index in [0.29, 0.717) is 26.9 Å². The first-order chi connectivity index (χ1) is 7.99. The van der Waals surface area contributed by atoms with E-state index in [2.05, 4.69) is 17.6 Å². The van der Waals surface area contributed by atoms with Crippen LogP contribution < -0.4 is 5.73 Å². The maximum atomic E-state index is 11.3. The number of Topliss-reactive ketones (excluding diaryl/α,β-unsaturated/α-hetero) is 1. The molecule has 4 nitrogen and oxygen atoms in total. The van der Waals surface area contributed by atoms with E-state index < -0.39 is 5.91 Å². The fourth-order valence-electron chi connectivity index (χ4n) is 1.57. The van der Waals surface area contributed by atoms with Crippen LogP contribution in [0.2, 0.25) is 0 Å². The van der Waals surface area contributed by atoms with Gasteiger partial charge in [-0.25, -0.2) is 0 Å². The molecule has 0 saturated heterocycles. The van der Waals surface area contributed by atoms with E-state index in [4.69, 9.17) is 5.73 Å². The summed E-state index contributed by atoms with van der Waals surface area (Å²) in [5, 5.41) is 0.680. The van der Waals surface area contributed by atoms with Crippen molar-refractivity contribution in [2.24, 2.45) is 5.73 Å². The molecule has 1 amide bonds. The minimum absolute atomic E-state index is 0.0633. The molecular formula is C12H10N2O2S. The van der Waals surface area contributed by atoms with Gasteiger partial charge in [-0.3, -0.25) is 14.6 Å². The maximum absolute atomic E-state index is 11.3. The third-order valence-electron chi connectivity index (χ3n) is 2.45. The first kappa shape index (κ1) is 11.6. The van der Waals surface area contributed by atoms with Crippen LogP contribution in [0.25, 0.3) is 10.9 Å². The Kier molecular flexibility index (Phi) is 2.85. The molecular weight excluding hydrogens is 236 g/mol. The van der Waals surface area contributed by atoms with Crippen LogP contribution in [0.1, 0.15) is 27.6 Å². The predicted molar refractivity (Wildman–Crippen MR) is 67.5 cm³/mol. The van der Waals surface area contributed by atoms with Crippen molar-refractivity contribution in [2.45, 2.75) is 11.8 Å². The summed E-state index contributed by atoms with van der Waals surface area (Å²) in [5.74, 6) is -0.611. The average molecular weight is 246 g/mol. The molecule has 0 saturated carbocycles.